The number of hydrogen-bond acceptors (Lipinski definition) is 5. The molecule has 0 aliphatic heterocycles. The fourth-order valence-corrected chi connectivity index (χ4v) is 2.12. The predicted octanol–water partition coefficient (Wildman–Crippen LogP) is 2.32. The van der Waals surface area contributed by atoms with E-state index >= 15 is 0 Å². The first-order chi connectivity index (χ1) is 11.6. The summed E-state index contributed by atoms with van der Waals surface area (Å²) in [7, 11) is 0. The molecule has 0 saturated carbocycles. The van der Waals surface area contributed by atoms with Crippen molar-refractivity contribution in [3.05, 3.63) is 54.2 Å². The number of hydrogen-bond donors (Lipinski definition) is 2. The summed E-state index contributed by atoms with van der Waals surface area (Å²) >= 11 is 1.54. The van der Waals surface area contributed by atoms with E-state index in [0.717, 1.165) is 10.6 Å². The van der Waals surface area contributed by atoms with Crippen LogP contribution < -0.4 is 15.8 Å². The van der Waals surface area contributed by atoms with Gasteiger partial charge in [-0.25, -0.2) is 4.98 Å². The lowest BCUT2D eigenvalue weighted by Crippen LogP contribution is -2.19. The van der Waals surface area contributed by atoms with E-state index < -0.39 is 5.91 Å². The number of thioether (sulfide) groups is 1. The lowest BCUT2D eigenvalue weighted by molar-refractivity contribution is -0.120. The highest BCUT2D eigenvalue weighted by molar-refractivity contribution is 7.98. The summed E-state index contributed by atoms with van der Waals surface area (Å²) in [6, 6.07) is 10.6. The Hall–Kier alpha value is -2.80. The Morgan fingerprint density at radius 3 is 2.58 bits per heavy atom. The quantitative estimate of drug-likeness (QED) is 0.594. The SMILES string of the molecule is CSc1ccc(NC(=O)C=Cc2ccc(OCC(N)=O)cc2)cn1. The number of nitrogens with one attached hydrogen (secondary N) is 1. The van der Waals surface area contributed by atoms with Gasteiger partial charge in [0, 0.05) is 6.08 Å². The van der Waals surface area contributed by atoms with Gasteiger partial charge >= 0.3 is 0 Å². The lowest BCUT2D eigenvalue weighted by Gasteiger charge is -2.04. The highest BCUT2D eigenvalue weighted by Gasteiger charge is 2.00. The summed E-state index contributed by atoms with van der Waals surface area (Å²) < 4.78 is 5.16. The third kappa shape index (κ3) is 5.77. The fraction of sp³-hybridized carbons (Fsp3) is 0.118. The first-order valence-corrected chi connectivity index (χ1v) is 8.29. The maximum Gasteiger partial charge on any atom is 0.255 e. The Morgan fingerprint density at radius 2 is 2.00 bits per heavy atom. The number of primary amides is 1. The second-order valence-corrected chi connectivity index (χ2v) is 5.56. The van der Waals surface area contributed by atoms with E-state index in [-0.39, 0.29) is 12.5 Å². The minimum absolute atomic E-state index is 0.166. The molecular formula is C17H17N3O3S. The van der Waals surface area contributed by atoms with Crippen molar-refractivity contribution in [3.63, 3.8) is 0 Å². The summed E-state index contributed by atoms with van der Waals surface area (Å²) in [6.45, 7) is -0.166. The monoisotopic (exact) mass is 343 g/mol. The molecule has 0 aliphatic carbocycles. The zero-order valence-corrected chi connectivity index (χ0v) is 13.9. The summed E-state index contributed by atoms with van der Waals surface area (Å²) in [5, 5.41) is 3.62. The molecule has 0 fully saturated rings. The van der Waals surface area contributed by atoms with Crippen LogP contribution >= 0.6 is 11.8 Å². The standard InChI is InChI=1S/C17H17N3O3S/c1-24-17-9-5-13(10-19-17)20-16(22)8-4-12-2-6-14(7-3-12)23-11-15(18)21/h2-10H,11H2,1H3,(H2,18,21)(H,20,22). The third-order valence-corrected chi connectivity index (χ3v) is 3.56. The number of aromatic nitrogens is 1. The first kappa shape index (κ1) is 17.6. The number of carbonyl (C=O) groups excluding carboxylic acids is 2. The van der Waals surface area contributed by atoms with E-state index in [0.29, 0.717) is 11.4 Å². The van der Waals surface area contributed by atoms with Crippen molar-refractivity contribution in [2.24, 2.45) is 5.73 Å². The number of amides is 2. The number of carbonyl (C=O) groups is 2. The summed E-state index contributed by atoms with van der Waals surface area (Å²) in [4.78, 5) is 26.7. The van der Waals surface area contributed by atoms with E-state index in [1.165, 1.54) is 17.8 Å². The van der Waals surface area contributed by atoms with E-state index in [1.807, 2.05) is 12.3 Å². The van der Waals surface area contributed by atoms with Gasteiger partial charge in [0.05, 0.1) is 16.9 Å². The van der Waals surface area contributed by atoms with Gasteiger partial charge in [-0.1, -0.05) is 12.1 Å². The van der Waals surface area contributed by atoms with Crippen LogP contribution in [0, 0.1) is 0 Å². The third-order valence-electron chi connectivity index (χ3n) is 2.90. The molecule has 6 nitrogen and oxygen atoms in total. The van der Waals surface area contributed by atoms with Crippen molar-refractivity contribution in [2.75, 3.05) is 18.2 Å². The molecule has 2 amide bonds. The zero-order valence-electron chi connectivity index (χ0n) is 13.1. The second-order valence-electron chi connectivity index (χ2n) is 4.74. The molecule has 0 aliphatic rings. The predicted molar refractivity (Wildman–Crippen MR) is 94.8 cm³/mol. The molecule has 1 aromatic heterocycles. The Labute approximate surface area is 144 Å². The smallest absolute Gasteiger partial charge is 0.255 e. The van der Waals surface area contributed by atoms with Gasteiger partial charge in [-0.15, -0.1) is 11.8 Å². The van der Waals surface area contributed by atoms with Crippen LogP contribution in [0.3, 0.4) is 0 Å². The van der Waals surface area contributed by atoms with Gasteiger partial charge in [-0.2, -0.15) is 0 Å². The van der Waals surface area contributed by atoms with Gasteiger partial charge in [0.25, 0.3) is 5.91 Å². The molecular weight excluding hydrogens is 326 g/mol. The molecule has 1 heterocycles. The van der Waals surface area contributed by atoms with Crippen LogP contribution in [0.5, 0.6) is 5.75 Å². The van der Waals surface area contributed by atoms with Gasteiger partial charge in [0.1, 0.15) is 5.75 Å². The molecule has 0 atom stereocenters. The molecule has 0 saturated heterocycles. The topological polar surface area (TPSA) is 94.3 Å². The molecule has 1 aromatic carbocycles. The molecule has 24 heavy (non-hydrogen) atoms. The maximum atomic E-state index is 11.9. The van der Waals surface area contributed by atoms with Crippen molar-refractivity contribution in [2.45, 2.75) is 5.03 Å². The zero-order chi connectivity index (χ0) is 17.4. The minimum atomic E-state index is -0.532. The normalized spacial score (nSPS) is 10.5. The molecule has 3 N–H and O–H groups in total. The molecule has 0 radical (unpaired) electrons. The van der Waals surface area contributed by atoms with Crippen molar-refractivity contribution < 1.29 is 14.3 Å². The van der Waals surface area contributed by atoms with Crippen LogP contribution in [0.25, 0.3) is 6.08 Å². The van der Waals surface area contributed by atoms with E-state index in [1.54, 1.807) is 42.6 Å². The fourth-order valence-electron chi connectivity index (χ4n) is 1.76. The van der Waals surface area contributed by atoms with Crippen LogP contribution in [0.15, 0.2) is 53.7 Å². The molecule has 7 heteroatoms. The van der Waals surface area contributed by atoms with Crippen LogP contribution in [-0.2, 0) is 9.59 Å². The minimum Gasteiger partial charge on any atom is -0.484 e. The number of rotatable bonds is 7. The van der Waals surface area contributed by atoms with Crippen molar-refractivity contribution >= 4 is 35.3 Å². The molecule has 0 unspecified atom stereocenters. The second kappa shape index (κ2) is 8.73. The van der Waals surface area contributed by atoms with Crippen LogP contribution in [-0.4, -0.2) is 29.7 Å². The molecule has 0 bridgehead atoms. The number of nitrogens with two attached hydrogens (primary N) is 1. The largest absolute Gasteiger partial charge is 0.484 e. The van der Waals surface area contributed by atoms with Gasteiger partial charge in [-0.3, -0.25) is 9.59 Å². The van der Waals surface area contributed by atoms with Crippen molar-refractivity contribution in [1.82, 2.24) is 4.98 Å². The summed E-state index contributed by atoms with van der Waals surface area (Å²) in [5.41, 5.74) is 6.47. The van der Waals surface area contributed by atoms with Crippen LogP contribution in [0.1, 0.15) is 5.56 Å². The number of pyridine rings is 1. The van der Waals surface area contributed by atoms with E-state index in [2.05, 4.69) is 10.3 Å². The van der Waals surface area contributed by atoms with Gasteiger partial charge < -0.3 is 15.8 Å². The summed E-state index contributed by atoms with van der Waals surface area (Å²) in [5.74, 6) is -0.242. The average molecular weight is 343 g/mol. The summed E-state index contributed by atoms with van der Waals surface area (Å²) in [6.07, 6.45) is 6.66. The first-order valence-electron chi connectivity index (χ1n) is 7.07. The molecule has 2 rings (SSSR count). The average Bonchev–Trinajstić information content (AvgIpc) is 2.59. The van der Waals surface area contributed by atoms with Crippen LogP contribution in [0.4, 0.5) is 5.69 Å². The Morgan fingerprint density at radius 1 is 1.25 bits per heavy atom. The molecule has 2 aromatic rings. The van der Waals surface area contributed by atoms with Gasteiger partial charge in [0.2, 0.25) is 5.91 Å². The maximum absolute atomic E-state index is 11.9. The van der Waals surface area contributed by atoms with Crippen molar-refractivity contribution in [3.8, 4) is 5.75 Å². The molecule has 0 spiro atoms. The van der Waals surface area contributed by atoms with E-state index in [4.69, 9.17) is 10.5 Å². The lowest BCUT2D eigenvalue weighted by atomic mass is 10.2. The van der Waals surface area contributed by atoms with E-state index in [9.17, 15) is 9.59 Å². The van der Waals surface area contributed by atoms with Gasteiger partial charge in [0.15, 0.2) is 6.61 Å². The Balaban J connectivity index is 1.89. The number of benzene rings is 1. The highest BCUT2D eigenvalue weighted by Crippen LogP contribution is 2.15. The van der Waals surface area contributed by atoms with Gasteiger partial charge in [-0.05, 0) is 42.2 Å². The van der Waals surface area contributed by atoms with Crippen LogP contribution in [0.2, 0.25) is 0 Å². The molecule has 124 valence electrons. The highest BCUT2D eigenvalue weighted by atomic mass is 32.2. The Bertz CT molecular complexity index is 728. The Kier molecular flexibility index (Phi) is 6.39. The number of ether oxygens (including phenoxy) is 1. The van der Waals surface area contributed by atoms with Crippen molar-refractivity contribution in [1.29, 1.82) is 0 Å². The number of nitrogens with zero attached hydrogens (tertiary/aromatic N) is 1. The number of anilines is 1.